The van der Waals surface area contributed by atoms with Crippen molar-refractivity contribution in [3.8, 4) is 0 Å². The summed E-state index contributed by atoms with van der Waals surface area (Å²) in [5.74, 6) is -0.992. The molecule has 2 rings (SSSR count). The predicted molar refractivity (Wildman–Crippen MR) is 89.3 cm³/mol. The summed E-state index contributed by atoms with van der Waals surface area (Å²) in [5, 5.41) is 15.0. The highest BCUT2D eigenvalue weighted by Gasteiger charge is 2.28. The molecule has 3 N–H and O–H groups in total. The predicted octanol–water partition coefficient (Wildman–Crippen LogP) is 3.17. The van der Waals surface area contributed by atoms with Crippen LogP contribution >= 0.6 is 0 Å². The number of urea groups is 1. The average molecular weight is 318 g/mol. The van der Waals surface area contributed by atoms with Crippen molar-refractivity contribution in [2.75, 3.05) is 0 Å². The lowest BCUT2D eigenvalue weighted by atomic mass is 9.86. The Morgan fingerprint density at radius 2 is 1.83 bits per heavy atom. The maximum Gasteiger partial charge on any atom is 0.315 e. The van der Waals surface area contributed by atoms with E-state index in [0.29, 0.717) is 12.8 Å². The normalized spacial score (nSPS) is 21.5. The lowest BCUT2D eigenvalue weighted by Gasteiger charge is -2.31. The summed E-state index contributed by atoms with van der Waals surface area (Å²) in [4.78, 5) is 23.2. The van der Waals surface area contributed by atoms with Gasteiger partial charge in [0.2, 0.25) is 0 Å². The first-order valence-electron chi connectivity index (χ1n) is 8.16. The summed E-state index contributed by atoms with van der Waals surface area (Å²) >= 11 is 0. The molecule has 5 nitrogen and oxygen atoms in total. The quantitative estimate of drug-likeness (QED) is 0.798. The standard InChI is InChI=1S/C18H26N2O3/c1-12-5-4-6-14(11-12)18(2,3)20-17(23)19-15-9-7-13(8-10-15)16(21)22/h4-6,11,13,15H,7-10H2,1-3H3,(H,21,22)(H2,19,20,23). The highest BCUT2D eigenvalue weighted by atomic mass is 16.4. The molecule has 1 aliphatic carbocycles. The molecule has 1 aromatic rings. The molecule has 2 amide bonds. The molecule has 0 aliphatic heterocycles. The first-order valence-corrected chi connectivity index (χ1v) is 8.16. The molecule has 0 radical (unpaired) electrons. The zero-order valence-electron chi connectivity index (χ0n) is 14.1. The zero-order chi connectivity index (χ0) is 17.0. The number of aliphatic carboxylic acids is 1. The van der Waals surface area contributed by atoms with Gasteiger partial charge in [0.25, 0.3) is 0 Å². The molecule has 1 aliphatic rings. The Kier molecular flexibility index (Phi) is 5.29. The maximum absolute atomic E-state index is 12.3. The van der Waals surface area contributed by atoms with Crippen LogP contribution in [0.1, 0.15) is 50.7 Å². The Morgan fingerprint density at radius 3 is 2.39 bits per heavy atom. The first kappa shape index (κ1) is 17.3. The number of amides is 2. The van der Waals surface area contributed by atoms with Crippen LogP contribution in [0.15, 0.2) is 24.3 Å². The zero-order valence-corrected chi connectivity index (χ0v) is 14.1. The van der Waals surface area contributed by atoms with Gasteiger partial charge in [0.1, 0.15) is 0 Å². The summed E-state index contributed by atoms with van der Waals surface area (Å²) in [6.45, 7) is 5.98. The van der Waals surface area contributed by atoms with Gasteiger partial charge in [-0.1, -0.05) is 29.8 Å². The second kappa shape index (κ2) is 7.02. The first-order chi connectivity index (χ1) is 10.8. The molecule has 0 unspecified atom stereocenters. The van der Waals surface area contributed by atoms with Crippen molar-refractivity contribution < 1.29 is 14.7 Å². The molecule has 0 bridgehead atoms. The van der Waals surface area contributed by atoms with E-state index in [1.807, 2.05) is 39.0 Å². The van der Waals surface area contributed by atoms with E-state index in [0.717, 1.165) is 24.0 Å². The summed E-state index contributed by atoms with van der Waals surface area (Å²) in [6.07, 6.45) is 2.69. The maximum atomic E-state index is 12.3. The van der Waals surface area contributed by atoms with Crippen LogP contribution in [0, 0.1) is 12.8 Å². The van der Waals surface area contributed by atoms with Crippen molar-refractivity contribution >= 4 is 12.0 Å². The highest BCUT2D eigenvalue weighted by molar-refractivity contribution is 5.75. The van der Waals surface area contributed by atoms with Crippen molar-refractivity contribution in [2.45, 2.75) is 58.0 Å². The number of carboxylic acids is 1. The fraction of sp³-hybridized carbons (Fsp3) is 0.556. The second-order valence-corrected chi connectivity index (χ2v) is 6.98. The van der Waals surface area contributed by atoms with Crippen LogP contribution in [-0.2, 0) is 10.3 Å². The van der Waals surface area contributed by atoms with Gasteiger partial charge in [-0.05, 0) is 52.0 Å². The van der Waals surface area contributed by atoms with E-state index in [4.69, 9.17) is 5.11 Å². The Hall–Kier alpha value is -2.04. The lowest BCUT2D eigenvalue weighted by molar-refractivity contribution is -0.142. The number of hydrogen-bond acceptors (Lipinski definition) is 2. The number of carbonyl (C=O) groups excluding carboxylic acids is 1. The number of nitrogens with one attached hydrogen (secondary N) is 2. The fourth-order valence-corrected chi connectivity index (χ4v) is 3.10. The number of rotatable bonds is 4. The van der Waals surface area contributed by atoms with Gasteiger partial charge >= 0.3 is 12.0 Å². The molecule has 0 heterocycles. The smallest absolute Gasteiger partial charge is 0.315 e. The number of benzene rings is 1. The largest absolute Gasteiger partial charge is 0.481 e. The Balaban J connectivity index is 1.88. The van der Waals surface area contributed by atoms with E-state index >= 15 is 0 Å². The highest BCUT2D eigenvalue weighted by Crippen LogP contribution is 2.25. The van der Waals surface area contributed by atoms with Crippen molar-refractivity contribution in [2.24, 2.45) is 5.92 Å². The minimum absolute atomic E-state index is 0.0545. The monoisotopic (exact) mass is 318 g/mol. The van der Waals surface area contributed by atoms with Crippen molar-refractivity contribution in [1.82, 2.24) is 10.6 Å². The van der Waals surface area contributed by atoms with Gasteiger partial charge in [-0.2, -0.15) is 0 Å². The summed E-state index contributed by atoms with van der Waals surface area (Å²) in [5.41, 5.74) is 1.75. The van der Waals surface area contributed by atoms with Crippen LogP contribution in [0.2, 0.25) is 0 Å². The van der Waals surface area contributed by atoms with Crippen LogP contribution in [0.5, 0.6) is 0 Å². The van der Waals surface area contributed by atoms with Crippen molar-refractivity contribution in [3.63, 3.8) is 0 Å². The van der Waals surface area contributed by atoms with Crippen molar-refractivity contribution in [1.29, 1.82) is 0 Å². The minimum Gasteiger partial charge on any atom is -0.481 e. The third-order valence-corrected chi connectivity index (χ3v) is 4.58. The van der Waals surface area contributed by atoms with Gasteiger partial charge in [0, 0.05) is 6.04 Å². The molecular weight excluding hydrogens is 292 g/mol. The lowest BCUT2D eigenvalue weighted by Crippen LogP contribution is -2.50. The molecule has 1 saturated carbocycles. The van der Waals surface area contributed by atoms with Gasteiger partial charge in [-0.25, -0.2) is 4.79 Å². The molecule has 0 spiro atoms. The minimum atomic E-state index is -0.728. The van der Waals surface area contributed by atoms with E-state index in [1.165, 1.54) is 0 Å². The van der Waals surface area contributed by atoms with Gasteiger partial charge < -0.3 is 15.7 Å². The SMILES string of the molecule is Cc1cccc(C(C)(C)NC(=O)NC2CCC(C(=O)O)CC2)c1. The van der Waals surface area contributed by atoms with Crippen LogP contribution in [0.25, 0.3) is 0 Å². The summed E-state index contributed by atoms with van der Waals surface area (Å²) in [7, 11) is 0. The van der Waals surface area contributed by atoms with Gasteiger partial charge in [-0.3, -0.25) is 4.79 Å². The molecule has 23 heavy (non-hydrogen) atoms. The Bertz CT molecular complexity index is 575. The van der Waals surface area contributed by atoms with E-state index in [2.05, 4.69) is 16.7 Å². The third kappa shape index (κ3) is 4.71. The van der Waals surface area contributed by atoms with Crippen molar-refractivity contribution in [3.05, 3.63) is 35.4 Å². The van der Waals surface area contributed by atoms with Gasteiger partial charge in [0.05, 0.1) is 11.5 Å². The third-order valence-electron chi connectivity index (χ3n) is 4.58. The Labute approximate surface area is 137 Å². The van der Waals surface area contributed by atoms with Gasteiger partial charge in [-0.15, -0.1) is 0 Å². The van der Waals surface area contributed by atoms with Crippen LogP contribution in [-0.4, -0.2) is 23.1 Å². The number of hydrogen-bond donors (Lipinski definition) is 3. The van der Waals surface area contributed by atoms with E-state index in [-0.39, 0.29) is 18.0 Å². The molecule has 126 valence electrons. The number of carboxylic acid groups (broad SMARTS) is 1. The van der Waals surface area contributed by atoms with Crippen LogP contribution in [0.3, 0.4) is 0 Å². The molecule has 0 saturated heterocycles. The van der Waals surface area contributed by atoms with E-state index in [9.17, 15) is 9.59 Å². The average Bonchev–Trinajstić information content (AvgIpc) is 2.47. The van der Waals surface area contributed by atoms with E-state index in [1.54, 1.807) is 0 Å². The molecular formula is C18H26N2O3. The molecule has 1 aromatic carbocycles. The van der Waals surface area contributed by atoms with Crippen LogP contribution < -0.4 is 10.6 Å². The summed E-state index contributed by atoms with van der Waals surface area (Å²) in [6, 6.07) is 7.94. The Morgan fingerprint density at radius 1 is 1.17 bits per heavy atom. The van der Waals surface area contributed by atoms with E-state index < -0.39 is 11.5 Å². The second-order valence-electron chi connectivity index (χ2n) is 6.98. The summed E-state index contributed by atoms with van der Waals surface area (Å²) < 4.78 is 0. The topological polar surface area (TPSA) is 78.4 Å². The fourth-order valence-electron chi connectivity index (χ4n) is 3.10. The number of aryl methyl sites for hydroxylation is 1. The molecule has 0 aromatic heterocycles. The number of carbonyl (C=O) groups is 2. The van der Waals surface area contributed by atoms with Gasteiger partial charge in [0.15, 0.2) is 0 Å². The molecule has 0 atom stereocenters. The molecule has 5 heteroatoms. The van der Waals surface area contributed by atoms with Crippen LogP contribution in [0.4, 0.5) is 4.79 Å². The molecule has 1 fully saturated rings.